The zero-order valence-corrected chi connectivity index (χ0v) is 11.8. The maximum atomic E-state index is 12.0. The standard InChI is InChI=1S/C15H28N2O/c1-2-15(8-4-5-9-15)13-16-12-14(18)17-10-6-3-7-11-17/h16H,2-13H2,1H3. The predicted octanol–water partition coefficient (Wildman–Crippen LogP) is 2.56. The first-order valence-electron chi connectivity index (χ1n) is 7.74. The van der Waals surface area contributed by atoms with Gasteiger partial charge in [-0.15, -0.1) is 0 Å². The van der Waals surface area contributed by atoms with E-state index in [9.17, 15) is 4.79 Å². The van der Waals surface area contributed by atoms with E-state index in [2.05, 4.69) is 12.2 Å². The van der Waals surface area contributed by atoms with Crippen molar-refractivity contribution in [1.82, 2.24) is 10.2 Å². The molecule has 3 nitrogen and oxygen atoms in total. The molecule has 2 aliphatic rings. The third kappa shape index (κ3) is 3.47. The molecule has 0 aromatic rings. The van der Waals surface area contributed by atoms with Gasteiger partial charge in [0.25, 0.3) is 0 Å². The highest BCUT2D eigenvalue weighted by Gasteiger charge is 2.31. The van der Waals surface area contributed by atoms with Gasteiger partial charge in [-0.25, -0.2) is 0 Å². The van der Waals surface area contributed by atoms with Gasteiger partial charge in [0.2, 0.25) is 5.91 Å². The molecule has 1 saturated carbocycles. The second-order valence-corrected chi connectivity index (χ2v) is 6.11. The summed E-state index contributed by atoms with van der Waals surface area (Å²) in [6.45, 7) is 5.81. The largest absolute Gasteiger partial charge is 0.342 e. The molecule has 1 N–H and O–H groups in total. The molecule has 2 fully saturated rings. The number of hydrogen-bond acceptors (Lipinski definition) is 2. The van der Waals surface area contributed by atoms with Crippen molar-refractivity contribution >= 4 is 5.91 Å². The molecule has 1 saturated heterocycles. The molecule has 18 heavy (non-hydrogen) atoms. The topological polar surface area (TPSA) is 32.3 Å². The third-order valence-corrected chi connectivity index (χ3v) is 4.90. The van der Waals surface area contributed by atoms with Crippen LogP contribution in [-0.4, -0.2) is 37.0 Å². The fourth-order valence-electron chi connectivity index (χ4n) is 3.47. The molecule has 1 amide bonds. The van der Waals surface area contributed by atoms with Crippen molar-refractivity contribution in [1.29, 1.82) is 0 Å². The summed E-state index contributed by atoms with van der Waals surface area (Å²) >= 11 is 0. The van der Waals surface area contributed by atoms with Gasteiger partial charge >= 0.3 is 0 Å². The molecule has 0 aromatic heterocycles. The van der Waals surface area contributed by atoms with E-state index in [0.29, 0.717) is 17.9 Å². The summed E-state index contributed by atoms with van der Waals surface area (Å²) in [6.07, 6.45) is 10.3. The Labute approximate surface area is 111 Å². The van der Waals surface area contributed by atoms with Crippen molar-refractivity contribution in [2.24, 2.45) is 5.41 Å². The number of nitrogens with one attached hydrogen (secondary N) is 1. The van der Waals surface area contributed by atoms with E-state index in [0.717, 1.165) is 19.6 Å². The molecule has 104 valence electrons. The van der Waals surface area contributed by atoms with E-state index >= 15 is 0 Å². The molecular formula is C15H28N2O. The minimum Gasteiger partial charge on any atom is -0.342 e. The maximum Gasteiger partial charge on any atom is 0.236 e. The highest BCUT2D eigenvalue weighted by atomic mass is 16.2. The number of carbonyl (C=O) groups is 1. The fourth-order valence-corrected chi connectivity index (χ4v) is 3.47. The minimum absolute atomic E-state index is 0.305. The lowest BCUT2D eigenvalue weighted by molar-refractivity contribution is -0.131. The van der Waals surface area contributed by atoms with Gasteiger partial charge in [-0.05, 0) is 43.9 Å². The van der Waals surface area contributed by atoms with Crippen LogP contribution in [-0.2, 0) is 4.79 Å². The van der Waals surface area contributed by atoms with Gasteiger partial charge < -0.3 is 10.2 Å². The smallest absolute Gasteiger partial charge is 0.236 e. The summed E-state index contributed by atoms with van der Waals surface area (Å²) in [5.41, 5.74) is 0.488. The van der Waals surface area contributed by atoms with Crippen molar-refractivity contribution < 1.29 is 4.79 Å². The zero-order chi connectivity index (χ0) is 12.8. The summed E-state index contributed by atoms with van der Waals surface area (Å²) in [5, 5.41) is 3.42. The highest BCUT2D eigenvalue weighted by Crippen LogP contribution is 2.40. The molecule has 0 aromatic carbocycles. The first kappa shape index (κ1) is 13.9. The van der Waals surface area contributed by atoms with Gasteiger partial charge in [-0.2, -0.15) is 0 Å². The van der Waals surface area contributed by atoms with Gasteiger partial charge in [-0.3, -0.25) is 4.79 Å². The first-order valence-corrected chi connectivity index (χ1v) is 7.74. The van der Waals surface area contributed by atoms with Crippen LogP contribution in [0.25, 0.3) is 0 Å². The molecule has 2 rings (SSSR count). The van der Waals surface area contributed by atoms with Crippen molar-refractivity contribution in [2.75, 3.05) is 26.2 Å². The molecule has 1 heterocycles. The first-order chi connectivity index (χ1) is 8.76. The number of rotatable bonds is 5. The van der Waals surface area contributed by atoms with E-state index in [4.69, 9.17) is 0 Å². The second-order valence-electron chi connectivity index (χ2n) is 6.11. The van der Waals surface area contributed by atoms with Crippen LogP contribution in [0.1, 0.15) is 58.3 Å². The Morgan fingerprint density at radius 3 is 2.39 bits per heavy atom. The lowest BCUT2D eigenvalue weighted by Crippen LogP contribution is -2.43. The molecule has 3 heteroatoms. The Morgan fingerprint density at radius 1 is 1.11 bits per heavy atom. The fraction of sp³-hybridized carbons (Fsp3) is 0.933. The number of amides is 1. The van der Waals surface area contributed by atoms with E-state index in [-0.39, 0.29) is 0 Å². The lowest BCUT2D eigenvalue weighted by atomic mass is 9.83. The van der Waals surface area contributed by atoms with Gasteiger partial charge in [0.15, 0.2) is 0 Å². The monoisotopic (exact) mass is 252 g/mol. The number of nitrogens with zero attached hydrogens (tertiary/aromatic N) is 1. The van der Waals surface area contributed by atoms with Crippen molar-refractivity contribution in [3.8, 4) is 0 Å². The van der Waals surface area contributed by atoms with Crippen LogP contribution in [0.4, 0.5) is 0 Å². The predicted molar refractivity (Wildman–Crippen MR) is 74.5 cm³/mol. The summed E-state index contributed by atoms with van der Waals surface area (Å²) in [5.74, 6) is 0.305. The maximum absolute atomic E-state index is 12.0. The Balaban J connectivity index is 1.69. The van der Waals surface area contributed by atoms with Gasteiger partial charge in [0.05, 0.1) is 6.54 Å². The lowest BCUT2D eigenvalue weighted by Gasteiger charge is -2.30. The molecule has 0 atom stereocenters. The molecule has 1 aliphatic carbocycles. The van der Waals surface area contributed by atoms with Crippen LogP contribution >= 0.6 is 0 Å². The number of carbonyl (C=O) groups excluding carboxylic acids is 1. The SMILES string of the molecule is CCC1(CNCC(=O)N2CCCCC2)CCCC1. The molecular weight excluding hydrogens is 224 g/mol. The molecule has 1 aliphatic heterocycles. The minimum atomic E-state index is 0.305. The van der Waals surface area contributed by atoms with E-state index in [1.54, 1.807) is 0 Å². The molecule has 0 spiro atoms. The van der Waals surface area contributed by atoms with Gasteiger partial charge in [0.1, 0.15) is 0 Å². The van der Waals surface area contributed by atoms with Crippen LogP contribution in [0, 0.1) is 5.41 Å². The van der Waals surface area contributed by atoms with Crippen LogP contribution in [0.2, 0.25) is 0 Å². The normalized spacial score (nSPS) is 23.3. The average Bonchev–Trinajstić information content (AvgIpc) is 2.89. The Kier molecular flexibility index (Phi) is 5.04. The third-order valence-electron chi connectivity index (χ3n) is 4.90. The van der Waals surface area contributed by atoms with Crippen LogP contribution in [0.3, 0.4) is 0 Å². The zero-order valence-electron chi connectivity index (χ0n) is 11.8. The van der Waals surface area contributed by atoms with Crippen LogP contribution in [0.15, 0.2) is 0 Å². The Bertz CT molecular complexity index is 266. The summed E-state index contributed by atoms with van der Waals surface area (Å²) in [6, 6.07) is 0. The quantitative estimate of drug-likeness (QED) is 0.815. The van der Waals surface area contributed by atoms with Crippen molar-refractivity contribution in [3.05, 3.63) is 0 Å². The summed E-state index contributed by atoms with van der Waals surface area (Å²) < 4.78 is 0. The number of likely N-dealkylation sites (tertiary alicyclic amines) is 1. The average molecular weight is 252 g/mol. The van der Waals surface area contributed by atoms with Crippen molar-refractivity contribution in [3.63, 3.8) is 0 Å². The van der Waals surface area contributed by atoms with E-state index in [1.807, 2.05) is 4.90 Å². The Morgan fingerprint density at radius 2 is 1.78 bits per heavy atom. The van der Waals surface area contributed by atoms with E-state index in [1.165, 1.54) is 51.4 Å². The van der Waals surface area contributed by atoms with Crippen LogP contribution in [0.5, 0.6) is 0 Å². The van der Waals surface area contributed by atoms with Gasteiger partial charge in [-0.1, -0.05) is 19.8 Å². The second kappa shape index (κ2) is 6.55. The molecule has 0 radical (unpaired) electrons. The Hall–Kier alpha value is -0.570. The van der Waals surface area contributed by atoms with Crippen molar-refractivity contribution in [2.45, 2.75) is 58.3 Å². The summed E-state index contributed by atoms with van der Waals surface area (Å²) in [4.78, 5) is 14.1. The highest BCUT2D eigenvalue weighted by molar-refractivity contribution is 5.78. The van der Waals surface area contributed by atoms with Crippen LogP contribution < -0.4 is 5.32 Å². The summed E-state index contributed by atoms with van der Waals surface area (Å²) in [7, 11) is 0. The molecule has 0 bridgehead atoms. The number of piperidine rings is 1. The van der Waals surface area contributed by atoms with E-state index < -0.39 is 0 Å². The molecule has 0 unspecified atom stereocenters. The number of hydrogen-bond donors (Lipinski definition) is 1. The van der Waals surface area contributed by atoms with Gasteiger partial charge in [0, 0.05) is 19.6 Å².